The van der Waals surface area contributed by atoms with Crippen LogP contribution in [0.4, 0.5) is 0 Å². The monoisotopic (exact) mass is 297 g/mol. The molecule has 0 fully saturated rings. The molecule has 0 aromatic heterocycles. The van der Waals surface area contributed by atoms with E-state index in [0.29, 0.717) is 6.10 Å². The summed E-state index contributed by atoms with van der Waals surface area (Å²) in [4.78, 5) is 0. The van der Waals surface area contributed by atoms with E-state index in [9.17, 15) is 0 Å². The van der Waals surface area contributed by atoms with E-state index < -0.39 is 0 Å². The Hall–Kier alpha value is -0.0400. The molecule has 1 unspecified atom stereocenters. The summed E-state index contributed by atoms with van der Waals surface area (Å²) >= 11 is 0. The molecule has 0 heterocycles. The van der Waals surface area contributed by atoms with Crippen molar-refractivity contribution in [2.75, 3.05) is 6.61 Å². The lowest BCUT2D eigenvalue weighted by atomic mass is 10.0. The number of hydrogen-bond acceptors (Lipinski definition) is 1. The summed E-state index contributed by atoms with van der Waals surface area (Å²) in [6.07, 6.45) is 20.8. The van der Waals surface area contributed by atoms with Crippen molar-refractivity contribution < 1.29 is 4.74 Å². The van der Waals surface area contributed by atoms with Crippen LogP contribution in [0.1, 0.15) is 110 Å². The maximum absolute atomic E-state index is 5.89. The van der Waals surface area contributed by atoms with E-state index in [1.165, 1.54) is 89.9 Å². The molecule has 0 saturated carbocycles. The molecule has 0 saturated heterocycles. The lowest BCUT2D eigenvalue weighted by Gasteiger charge is -2.16. The second kappa shape index (κ2) is 18.0. The van der Waals surface area contributed by atoms with Crippen molar-refractivity contribution in [3.8, 4) is 0 Å². The summed E-state index contributed by atoms with van der Waals surface area (Å²) in [5.74, 6) is 0. The van der Waals surface area contributed by atoms with Crippen molar-refractivity contribution in [2.45, 2.75) is 116 Å². The minimum absolute atomic E-state index is 0.531. The van der Waals surface area contributed by atoms with Gasteiger partial charge in [0.25, 0.3) is 0 Å². The van der Waals surface area contributed by atoms with E-state index in [0.717, 1.165) is 13.0 Å². The van der Waals surface area contributed by atoms with Crippen LogP contribution in [0.3, 0.4) is 0 Å². The minimum Gasteiger partial charge on any atom is -0.379 e. The van der Waals surface area contributed by atoms with Crippen LogP contribution in [-0.2, 0) is 4.74 Å². The lowest BCUT2D eigenvalue weighted by Crippen LogP contribution is -2.12. The molecule has 0 aliphatic heterocycles. The summed E-state index contributed by atoms with van der Waals surface area (Å²) < 4.78 is 5.89. The fourth-order valence-corrected chi connectivity index (χ4v) is 2.95. The van der Waals surface area contributed by atoms with Crippen LogP contribution in [0.15, 0.2) is 0 Å². The van der Waals surface area contributed by atoms with Gasteiger partial charge in [-0.1, -0.05) is 97.3 Å². The molecule has 0 aliphatic carbocycles. The summed E-state index contributed by atoms with van der Waals surface area (Å²) in [5, 5.41) is 0. The zero-order chi connectivity index (χ0) is 15.6. The quantitative estimate of drug-likeness (QED) is 0.260. The van der Waals surface area contributed by atoms with Gasteiger partial charge in [0.2, 0.25) is 0 Å². The van der Waals surface area contributed by atoms with Crippen LogP contribution in [0, 0.1) is 6.92 Å². The average molecular weight is 298 g/mol. The van der Waals surface area contributed by atoms with Gasteiger partial charge in [0.1, 0.15) is 0 Å². The molecule has 0 aliphatic rings. The van der Waals surface area contributed by atoms with Crippen molar-refractivity contribution in [3.05, 3.63) is 6.92 Å². The van der Waals surface area contributed by atoms with E-state index >= 15 is 0 Å². The molecule has 21 heavy (non-hydrogen) atoms. The highest BCUT2D eigenvalue weighted by atomic mass is 16.5. The van der Waals surface area contributed by atoms with Crippen LogP contribution in [-0.4, -0.2) is 12.7 Å². The van der Waals surface area contributed by atoms with Crippen molar-refractivity contribution in [1.29, 1.82) is 0 Å². The van der Waals surface area contributed by atoms with Crippen LogP contribution in [0.5, 0.6) is 0 Å². The highest BCUT2D eigenvalue weighted by molar-refractivity contribution is 4.60. The molecular formula is C20H41O. The first-order chi connectivity index (χ1) is 10.3. The summed E-state index contributed by atoms with van der Waals surface area (Å²) in [6, 6.07) is 0. The standard InChI is InChI=1S/C20H41O/c1-4-7-9-11-12-13-14-15-17-19-20(21-6-3)18-16-10-8-5-2/h20H,1,4-19H2,2-3H3. The normalized spacial score (nSPS) is 12.7. The van der Waals surface area contributed by atoms with Crippen LogP contribution in [0.2, 0.25) is 0 Å². The van der Waals surface area contributed by atoms with Gasteiger partial charge in [-0.2, -0.15) is 0 Å². The molecule has 0 spiro atoms. The zero-order valence-electron chi connectivity index (χ0n) is 15.0. The van der Waals surface area contributed by atoms with Gasteiger partial charge in [0.05, 0.1) is 6.10 Å². The molecule has 1 radical (unpaired) electrons. The number of ether oxygens (including phenoxy) is 1. The number of hydrogen-bond donors (Lipinski definition) is 0. The Kier molecular flexibility index (Phi) is 18.0. The molecule has 0 bridgehead atoms. The van der Waals surface area contributed by atoms with Gasteiger partial charge < -0.3 is 4.74 Å². The molecule has 0 aromatic carbocycles. The Balaban J connectivity index is 3.38. The molecule has 0 rings (SSSR count). The van der Waals surface area contributed by atoms with Gasteiger partial charge in [-0.25, -0.2) is 0 Å². The minimum atomic E-state index is 0.531. The predicted molar refractivity (Wildman–Crippen MR) is 95.7 cm³/mol. The third kappa shape index (κ3) is 16.2. The lowest BCUT2D eigenvalue weighted by molar-refractivity contribution is 0.0470. The topological polar surface area (TPSA) is 9.23 Å². The molecule has 1 atom stereocenters. The van der Waals surface area contributed by atoms with E-state index in [1.54, 1.807) is 0 Å². The average Bonchev–Trinajstić information content (AvgIpc) is 2.49. The molecule has 1 nitrogen and oxygen atoms in total. The highest BCUT2D eigenvalue weighted by Gasteiger charge is 2.07. The molecular weight excluding hydrogens is 256 g/mol. The Morgan fingerprint density at radius 1 is 0.667 bits per heavy atom. The van der Waals surface area contributed by atoms with Gasteiger partial charge in [-0.3, -0.25) is 0 Å². The molecule has 127 valence electrons. The molecule has 0 N–H and O–H groups in total. The first-order valence-electron chi connectivity index (χ1n) is 9.76. The third-order valence-electron chi connectivity index (χ3n) is 4.31. The van der Waals surface area contributed by atoms with Gasteiger partial charge in [0.15, 0.2) is 0 Å². The summed E-state index contributed by atoms with van der Waals surface area (Å²) in [5.41, 5.74) is 0. The largest absolute Gasteiger partial charge is 0.379 e. The maximum Gasteiger partial charge on any atom is 0.0575 e. The third-order valence-corrected chi connectivity index (χ3v) is 4.31. The Morgan fingerprint density at radius 2 is 1.14 bits per heavy atom. The Bertz CT molecular complexity index is 179. The van der Waals surface area contributed by atoms with Gasteiger partial charge in [0, 0.05) is 6.61 Å². The highest BCUT2D eigenvalue weighted by Crippen LogP contribution is 2.16. The van der Waals surface area contributed by atoms with E-state index in [2.05, 4.69) is 20.8 Å². The smallest absolute Gasteiger partial charge is 0.0575 e. The van der Waals surface area contributed by atoms with Crippen molar-refractivity contribution in [2.24, 2.45) is 0 Å². The van der Waals surface area contributed by atoms with E-state index in [1.807, 2.05) is 0 Å². The van der Waals surface area contributed by atoms with E-state index in [-0.39, 0.29) is 0 Å². The zero-order valence-corrected chi connectivity index (χ0v) is 15.0. The SMILES string of the molecule is [CH2]CCCCCCCCCCC(CCCCCC)OCC. The summed E-state index contributed by atoms with van der Waals surface area (Å²) in [6.45, 7) is 9.18. The van der Waals surface area contributed by atoms with Gasteiger partial charge in [-0.05, 0) is 19.8 Å². The maximum atomic E-state index is 5.89. The second-order valence-corrected chi connectivity index (χ2v) is 6.40. The molecule has 1 heteroatoms. The Labute approximate surface area is 135 Å². The van der Waals surface area contributed by atoms with Crippen molar-refractivity contribution in [3.63, 3.8) is 0 Å². The van der Waals surface area contributed by atoms with Crippen molar-refractivity contribution in [1.82, 2.24) is 0 Å². The first kappa shape index (κ1) is 21.0. The number of unbranched alkanes of at least 4 members (excludes halogenated alkanes) is 11. The van der Waals surface area contributed by atoms with Crippen molar-refractivity contribution >= 4 is 0 Å². The van der Waals surface area contributed by atoms with Crippen LogP contribution in [0.25, 0.3) is 0 Å². The predicted octanol–water partition coefficient (Wildman–Crippen LogP) is 7.10. The fourth-order valence-electron chi connectivity index (χ4n) is 2.95. The Morgan fingerprint density at radius 3 is 1.62 bits per heavy atom. The van der Waals surface area contributed by atoms with Gasteiger partial charge in [-0.15, -0.1) is 0 Å². The first-order valence-corrected chi connectivity index (χ1v) is 9.76. The van der Waals surface area contributed by atoms with Crippen LogP contribution < -0.4 is 0 Å². The van der Waals surface area contributed by atoms with Crippen LogP contribution >= 0.6 is 0 Å². The van der Waals surface area contributed by atoms with Gasteiger partial charge >= 0.3 is 0 Å². The summed E-state index contributed by atoms with van der Waals surface area (Å²) in [7, 11) is 0. The fraction of sp³-hybridized carbons (Fsp3) is 0.950. The van der Waals surface area contributed by atoms with E-state index in [4.69, 9.17) is 4.74 Å². The molecule has 0 amide bonds. The number of rotatable bonds is 17. The molecule has 0 aromatic rings. The second-order valence-electron chi connectivity index (χ2n) is 6.40.